The minimum absolute atomic E-state index is 0.184. The van der Waals surface area contributed by atoms with E-state index < -0.39 is 6.09 Å². The molecule has 1 amide bonds. The lowest BCUT2D eigenvalue weighted by Gasteiger charge is -2.30. The second-order valence-corrected chi connectivity index (χ2v) is 4.67. The molecule has 2 unspecified atom stereocenters. The standard InChI is InChI=1S/C13H15NO2/c15-13(16)14-11-7-3-1-5-9(11)10-6-2-4-8-12(10)14/h1,3,5,7,10,12H,2,4,6,8H2,(H,15,16). The smallest absolute Gasteiger partial charge is 0.412 e. The lowest BCUT2D eigenvalue weighted by Crippen LogP contribution is -2.39. The van der Waals surface area contributed by atoms with Crippen LogP contribution < -0.4 is 4.90 Å². The Morgan fingerprint density at radius 2 is 2.00 bits per heavy atom. The van der Waals surface area contributed by atoms with E-state index in [0.717, 1.165) is 24.9 Å². The van der Waals surface area contributed by atoms with Gasteiger partial charge in [-0.15, -0.1) is 0 Å². The van der Waals surface area contributed by atoms with Gasteiger partial charge in [0.25, 0.3) is 0 Å². The molecule has 1 aromatic carbocycles. The number of benzene rings is 1. The molecule has 1 fully saturated rings. The van der Waals surface area contributed by atoms with E-state index in [2.05, 4.69) is 6.07 Å². The third kappa shape index (κ3) is 1.24. The highest BCUT2D eigenvalue weighted by molar-refractivity contribution is 5.90. The Morgan fingerprint density at radius 3 is 2.81 bits per heavy atom. The van der Waals surface area contributed by atoms with Crippen LogP contribution >= 0.6 is 0 Å². The molecule has 1 aliphatic carbocycles. The molecule has 0 saturated heterocycles. The van der Waals surface area contributed by atoms with Gasteiger partial charge in [0, 0.05) is 12.0 Å². The van der Waals surface area contributed by atoms with Crippen molar-refractivity contribution in [2.45, 2.75) is 37.6 Å². The monoisotopic (exact) mass is 217 g/mol. The zero-order valence-electron chi connectivity index (χ0n) is 9.10. The number of anilines is 1. The van der Waals surface area contributed by atoms with Crippen LogP contribution in [-0.4, -0.2) is 17.2 Å². The lowest BCUT2D eigenvalue weighted by molar-refractivity contribution is 0.196. The molecule has 1 heterocycles. The van der Waals surface area contributed by atoms with Gasteiger partial charge in [0.15, 0.2) is 0 Å². The van der Waals surface area contributed by atoms with Crippen LogP contribution in [-0.2, 0) is 0 Å². The average molecular weight is 217 g/mol. The van der Waals surface area contributed by atoms with Gasteiger partial charge >= 0.3 is 6.09 Å². The Hall–Kier alpha value is -1.51. The zero-order chi connectivity index (χ0) is 11.1. The first-order chi connectivity index (χ1) is 7.79. The highest BCUT2D eigenvalue weighted by Gasteiger charge is 2.42. The molecule has 1 aliphatic heterocycles. The topological polar surface area (TPSA) is 40.5 Å². The summed E-state index contributed by atoms with van der Waals surface area (Å²) in [6, 6.07) is 8.13. The molecule has 2 atom stereocenters. The normalized spacial score (nSPS) is 27.4. The van der Waals surface area contributed by atoms with Gasteiger partial charge in [-0.25, -0.2) is 4.79 Å². The summed E-state index contributed by atoms with van der Waals surface area (Å²) in [5.41, 5.74) is 2.14. The molecule has 84 valence electrons. The number of hydrogen-bond acceptors (Lipinski definition) is 1. The molecule has 3 nitrogen and oxygen atoms in total. The van der Waals surface area contributed by atoms with E-state index in [0.29, 0.717) is 5.92 Å². The SMILES string of the molecule is O=C(O)N1c2ccccc2C2CCCCC21. The van der Waals surface area contributed by atoms with Crippen molar-refractivity contribution in [1.82, 2.24) is 0 Å². The Labute approximate surface area is 94.7 Å². The van der Waals surface area contributed by atoms with Gasteiger partial charge in [0.2, 0.25) is 0 Å². The van der Waals surface area contributed by atoms with Gasteiger partial charge in [-0.1, -0.05) is 31.0 Å². The van der Waals surface area contributed by atoms with Gasteiger partial charge in [-0.2, -0.15) is 0 Å². The fourth-order valence-electron chi connectivity index (χ4n) is 3.23. The van der Waals surface area contributed by atoms with E-state index in [4.69, 9.17) is 0 Å². The van der Waals surface area contributed by atoms with Crippen molar-refractivity contribution in [1.29, 1.82) is 0 Å². The lowest BCUT2D eigenvalue weighted by atomic mass is 9.82. The van der Waals surface area contributed by atoms with Crippen LogP contribution in [0.25, 0.3) is 0 Å². The maximum atomic E-state index is 11.3. The first kappa shape index (κ1) is 9.70. The van der Waals surface area contributed by atoms with E-state index in [9.17, 15) is 9.90 Å². The predicted molar refractivity (Wildman–Crippen MR) is 61.9 cm³/mol. The van der Waals surface area contributed by atoms with Gasteiger partial charge in [-0.3, -0.25) is 4.90 Å². The van der Waals surface area contributed by atoms with E-state index in [1.807, 2.05) is 18.2 Å². The molecular formula is C13H15NO2. The van der Waals surface area contributed by atoms with Gasteiger partial charge in [0.05, 0.1) is 5.69 Å². The van der Waals surface area contributed by atoms with Crippen LogP contribution in [0, 0.1) is 0 Å². The Balaban J connectivity index is 2.09. The summed E-state index contributed by atoms with van der Waals surface area (Å²) >= 11 is 0. The third-order valence-electron chi connectivity index (χ3n) is 3.86. The first-order valence-electron chi connectivity index (χ1n) is 5.90. The minimum Gasteiger partial charge on any atom is -0.465 e. The molecule has 1 aromatic rings. The van der Waals surface area contributed by atoms with Crippen molar-refractivity contribution in [2.75, 3.05) is 4.90 Å². The molecule has 3 rings (SSSR count). The zero-order valence-corrected chi connectivity index (χ0v) is 9.10. The molecule has 16 heavy (non-hydrogen) atoms. The van der Waals surface area contributed by atoms with Crippen LogP contribution in [0.15, 0.2) is 24.3 Å². The largest absolute Gasteiger partial charge is 0.465 e. The Bertz CT molecular complexity index is 430. The number of para-hydroxylation sites is 1. The minimum atomic E-state index is -0.804. The van der Waals surface area contributed by atoms with Crippen molar-refractivity contribution in [3.8, 4) is 0 Å². The van der Waals surface area contributed by atoms with E-state index in [-0.39, 0.29) is 6.04 Å². The predicted octanol–water partition coefficient (Wildman–Crippen LogP) is 3.21. The van der Waals surface area contributed by atoms with Crippen molar-refractivity contribution >= 4 is 11.8 Å². The Kier molecular flexibility index (Phi) is 2.13. The first-order valence-corrected chi connectivity index (χ1v) is 5.90. The fraction of sp³-hybridized carbons (Fsp3) is 0.462. The average Bonchev–Trinajstić information content (AvgIpc) is 2.63. The van der Waals surface area contributed by atoms with Crippen molar-refractivity contribution < 1.29 is 9.90 Å². The van der Waals surface area contributed by atoms with E-state index >= 15 is 0 Å². The fourth-order valence-corrected chi connectivity index (χ4v) is 3.23. The van der Waals surface area contributed by atoms with Gasteiger partial charge in [0.1, 0.15) is 0 Å². The molecule has 0 bridgehead atoms. The van der Waals surface area contributed by atoms with Crippen molar-refractivity contribution in [3.63, 3.8) is 0 Å². The van der Waals surface area contributed by atoms with Gasteiger partial charge in [-0.05, 0) is 24.5 Å². The number of carboxylic acid groups (broad SMARTS) is 1. The number of carbonyl (C=O) groups is 1. The molecule has 1 saturated carbocycles. The van der Waals surface area contributed by atoms with Crippen molar-refractivity contribution in [2.24, 2.45) is 0 Å². The molecule has 1 N–H and O–H groups in total. The summed E-state index contributed by atoms with van der Waals surface area (Å²) in [6.07, 6.45) is 3.71. The number of rotatable bonds is 0. The number of hydrogen-bond donors (Lipinski definition) is 1. The summed E-state index contributed by atoms with van der Waals surface area (Å²) in [7, 11) is 0. The van der Waals surface area contributed by atoms with Crippen LogP contribution in [0.3, 0.4) is 0 Å². The summed E-state index contributed by atoms with van der Waals surface area (Å²) in [5.74, 6) is 0.432. The highest BCUT2D eigenvalue weighted by Crippen LogP contribution is 2.47. The Morgan fingerprint density at radius 1 is 1.25 bits per heavy atom. The molecule has 3 heteroatoms. The number of fused-ring (bicyclic) bond motifs is 3. The number of amides is 1. The summed E-state index contributed by atoms with van der Waals surface area (Å²) in [5, 5.41) is 9.32. The summed E-state index contributed by atoms with van der Waals surface area (Å²) < 4.78 is 0. The molecular weight excluding hydrogens is 202 g/mol. The maximum absolute atomic E-state index is 11.3. The molecule has 0 radical (unpaired) electrons. The molecule has 0 spiro atoms. The van der Waals surface area contributed by atoms with Crippen LogP contribution in [0.5, 0.6) is 0 Å². The van der Waals surface area contributed by atoms with Crippen LogP contribution in [0.4, 0.5) is 10.5 Å². The second kappa shape index (κ2) is 3.51. The molecule has 0 aromatic heterocycles. The van der Waals surface area contributed by atoms with E-state index in [1.165, 1.54) is 12.0 Å². The quantitative estimate of drug-likeness (QED) is 0.724. The highest BCUT2D eigenvalue weighted by atomic mass is 16.4. The van der Waals surface area contributed by atoms with Gasteiger partial charge < -0.3 is 5.11 Å². The van der Waals surface area contributed by atoms with Crippen molar-refractivity contribution in [3.05, 3.63) is 29.8 Å². The van der Waals surface area contributed by atoms with Crippen LogP contribution in [0.2, 0.25) is 0 Å². The van der Waals surface area contributed by atoms with Crippen LogP contribution in [0.1, 0.15) is 37.2 Å². The molecule has 2 aliphatic rings. The van der Waals surface area contributed by atoms with E-state index in [1.54, 1.807) is 4.90 Å². The number of nitrogens with zero attached hydrogens (tertiary/aromatic N) is 1. The third-order valence-corrected chi connectivity index (χ3v) is 3.86. The summed E-state index contributed by atoms with van der Waals surface area (Å²) in [6.45, 7) is 0. The second-order valence-electron chi connectivity index (χ2n) is 4.67. The summed E-state index contributed by atoms with van der Waals surface area (Å²) in [4.78, 5) is 12.9. The maximum Gasteiger partial charge on any atom is 0.412 e.